The summed E-state index contributed by atoms with van der Waals surface area (Å²) in [5, 5.41) is 75.6. The van der Waals surface area contributed by atoms with Crippen LogP contribution in [0.4, 0.5) is 0 Å². The monoisotopic (exact) mass is 855 g/mol. The predicted molar refractivity (Wildman–Crippen MR) is 232 cm³/mol. The number of aliphatic hydroxyl groups is 2. The number of nitriles is 4. The van der Waals surface area contributed by atoms with E-state index in [0.717, 1.165) is 43.4 Å². The van der Waals surface area contributed by atoms with E-state index in [1.54, 1.807) is 58.4 Å². The minimum Gasteiger partial charge on any atom is -0.391 e. The van der Waals surface area contributed by atoms with E-state index in [0.29, 0.717) is 48.8 Å². The average molecular weight is 856 g/mol. The molecule has 8 aromatic rings. The molecule has 6 aromatic heterocycles. The van der Waals surface area contributed by atoms with E-state index >= 15 is 0 Å². The Bertz CT molecular complexity index is 3240. The van der Waals surface area contributed by atoms with Crippen LogP contribution in [0.5, 0.6) is 0 Å². The molecule has 2 aromatic carbocycles. The van der Waals surface area contributed by atoms with Crippen LogP contribution < -0.4 is 4.68 Å². The lowest BCUT2D eigenvalue weighted by atomic mass is 10.1. The van der Waals surface area contributed by atoms with Crippen LogP contribution in [0.2, 0.25) is 0 Å². The van der Waals surface area contributed by atoms with Crippen LogP contribution in [0.1, 0.15) is 73.4 Å². The van der Waals surface area contributed by atoms with E-state index in [1.165, 1.54) is 29.7 Å². The first-order chi connectivity index (χ1) is 29.9. The first-order valence-electron chi connectivity index (χ1n) is 19.6. The minimum absolute atomic E-state index is 0.252. The Hall–Kier alpha value is -7.18. The third-order valence-electron chi connectivity index (χ3n) is 11.2. The standard InChI is InChI=1S/C46H39N12O2S2/c1-26(30(5)59)57-28(3)39(21-52-57)34-14-43(45-36(18-49)20-51-54(45)23-34)62-42-12-11-38(13-33(42)17-48)55-25-37(19-50)46-44(61-41-10-8-7-9-32(41)16-47)15-35(24-56(46)55)40-22-53-58(29(40)4)27(2)31(6)60/h7-15,20-27,30-31,59-60H,1-6H3/q+1/t26-,27-,30-,31+/m1/s1. The molecule has 0 spiro atoms. The Morgan fingerprint density at radius 2 is 1.15 bits per heavy atom. The molecule has 4 atom stereocenters. The first-order valence-corrected chi connectivity index (χ1v) is 21.3. The zero-order chi connectivity index (χ0) is 44.0. The summed E-state index contributed by atoms with van der Waals surface area (Å²) in [6, 6.07) is 25.5. The summed E-state index contributed by atoms with van der Waals surface area (Å²) in [4.78, 5) is 2.79. The molecule has 2 N–H and O–H groups in total. The highest BCUT2D eigenvalue weighted by Gasteiger charge is 2.27. The molecule has 0 amide bonds. The fourth-order valence-corrected chi connectivity index (χ4v) is 9.66. The molecule has 0 saturated heterocycles. The summed E-state index contributed by atoms with van der Waals surface area (Å²) in [5.74, 6) is 0. The second-order valence-corrected chi connectivity index (χ2v) is 17.3. The van der Waals surface area contributed by atoms with E-state index in [1.807, 2.05) is 91.8 Å². The maximum Gasteiger partial charge on any atom is 0.237 e. The zero-order valence-corrected chi connectivity index (χ0v) is 36.2. The molecule has 14 nitrogen and oxygen atoms in total. The second-order valence-electron chi connectivity index (χ2n) is 15.1. The lowest BCUT2D eigenvalue weighted by molar-refractivity contribution is -0.667. The molecule has 6 heterocycles. The molecule has 16 heteroatoms. The van der Waals surface area contributed by atoms with Crippen molar-refractivity contribution in [2.24, 2.45) is 0 Å². The van der Waals surface area contributed by atoms with Crippen LogP contribution in [-0.4, -0.2) is 56.1 Å². The number of aromatic nitrogens is 8. The minimum atomic E-state index is -0.638. The topological polar surface area (TPSA) is 197 Å². The highest BCUT2D eigenvalue weighted by molar-refractivity contribution is 8.00. The summed E-state index contributed by atoms with van der Waals surface area (Å²) in [5.41, 5.74) is 8.38. The number of aliphatic hydroxyl groups excluding tert-OH is 2. The Balaban J connectivity index is 1.26. The van der Waals surface area contributed by atoms with Gasteiger partial charge in [-0.3, -0.25) is 9.36 Å². The van der Waals surface area contributed by atoms with Gasteiger partial charge in [0.05, 0.1) is 71.3 Å². The number of nitrogens with zero attached hydrogens (tertiary/aromatic N) is 12. The predicted octanol–water partition coefficient (Wildman–Crippen LogP) is 7.88. The molecule has 0 saturated carbocycles. The van der Waals surface area contributed by atoms with Gasteiger partial charge in [0.15, 0.2) is 0 Å². The van der Waals surface area contributed by atoms with Crippen LogP contribution in [0, 0.1) is 59.2 Å². The Morgan fingerprint density at radius 3 is 1.73 bits per heavy atom. The summed E-state index contributed by atoms with van der Waals surface area (Å²) in [6.45, 7) is 11.1. The van der Waals surface area contributed by atoms with E-state index in [-0.39, 0.29) is 12.1 Å². The van der Waals surface area contributed by atoms with Crippen molar-refractivity contribution < 1.29 is 14.9 Å². The average Bonchev–Trinajstić information content (AvgIpc) is 4.07. The molecule has 0 bridgehead atoms. The Morgan fingerprint density at radius 1 is 0.597 bits per heavy atom. The van der Waals surface area contributed by atoms with Crippen molar-refractivity contribution in [1.82, 2.24) is 33.7 Å². The van der Waals surface area contributed by atoms with Gasteiger partial charge in [-0.1, -0.05) is 40.3 Å². The van der Waals surface area contributed by atoms with Gasteiger partial charge in [-0.25, -0.2) is 4.52 Å². The van der Waals surface area contributed by atoms with Gasteiger partial charge in [0.2, 0.25) is 11.9 Å². The molecule has 0 unspecified atom stereocenters. The van der Waals surface area contributed by atoms with Gasteiger partial charge in [0.25, 0.3) is 0 Å². The molecule has 0 aliphatic heterocycles. The van der Waals surface area contributed by atoms with Crippen LogP contribution in [0.3, 0.4) is 0 Å². The maximum atomic E-state index is 10.7. The van der Waals surface area contributed by atoms with E-state index in [2.05, 4.69) is 39.6 Å². The van der Waals surface area contributed by atoms with Crippen molar-refractivity contribution in [2.45, 2.75) is 85.4 Å². The molecule has 0 aliphatic carbocycles. The SMILES string of the molecule is Cc1c(-c2cc(Sc3ccccc3C#N)c3c(C#N)c[n+](-c4ccc(Sc5cc(-c6cnn([C@H](C)[C@@H](C)O)c6C)cn6ncc(C#N)c56)c(C#N)c4)n3c2)cnn1[C@H](C)[C@H](C)O. The van der Waals surface area contributed by atoms with Crippen LogP contribution in [0.15, 0.2) is 111 Å². The van der Waals surface area contributed by atoms with Crippen LogP contribution in [0.25, 0.3) is 39.0 Å². The number of hydrogen-bond acceptors (Lipinski definition) is 11. The number of rotatable bonds is 11. The number of pyridine rings is 2. The molecule has 0 radical (unpaired) electrons. The maximum absolute atomic E-state index is 10.7. The quantitative estimate of drug-likeness (QED) is 0.120. The van der Waals surface area contributed by atoms with Gasteiger partial charge < -0.3 is 10.2 Å². The zero-order valence-electron chi connectivity index (χ0n) is 34.5. The fourth-order valence-electron chi connectivity index (χ4n) is 7.49. The van der Waals surface area contributed by atoms with E-state index in [4.69, 9.17) is 0 Å². The Kier molecular flexibility index (Phi) is 11.2. The smallest absolute Gasteiger partial charge is 0.237 e. The lowest BCUT2D eigenvalue weighted by Crippen LogP contribution is -2.36. The van der Waals surface area contributed by atoms with Gasteiger partial charge >= 0.3 is 0 Å². The van der Waals surface area contributed by atoms with Gasteiger partial charge in [-0.15, -0.1) is 4.52 Å². The molecule has 62 heavy (non-hydrogen) atoms. The Labute approximate surface area is 365 Å². The van der Waals surface area contributed by atoms with Crippen molar-refractivity contribution in [3.8, 4) is 52.2 Å². The normalized spacial score (nSPS) is 13.3. The van der Waals surface area contributed by atoms with E-state index < -0.39 is 12.2 Å². The van der Waals surface area contributed by atoms with Gasteiger partial charge in [0, 0.05) is 71.6 Å². The lowest BCUT2D eigenvalue weighted by Gasteiger charge is -2.17. The molecular formula is C46H39N12O2S2+. The number of hydrogen-bond donors (Lipinski definition) is 2. The highest BCUT2D eigenvalue weighted by atomic mass is 32.2. The van der Waals surface area contributed by atoms with Crippen molar-refractivity contribution in [1.29, 1.82) is 21.0 Å². The molecule has 0 fully saturated rings. The summed E-state index contributed by atoms with van der Waals surface area (Å²) < 4.78 is 8.94. The first kappa shape index (κ1) is 41.5. The summed E-state index contributed by atoms with van der Waals surface area (Å²) in [6.07, 6.45) is 9.28. The van der Waals surface area contributed by atoms with Gasteiger partial charge in [-0.2, -0.15) is 36.3 Å². The largest absolute Gasteiger partial charge is 0.391 e. The van der Waals surface area contributed by atoms with Crippen molar-refractivity contribution in [3.05, 3.63) is 125 Å². The second kappa shape index (κ2) is 16.7. The number of fused-ring (bicyclic) bond motifs is 2. The summed E-state index contributed by atoms with van der Waals surface area (Å²) in [7, 11) is 0. The van der Waals surface area contributed by atoms with Gasteiger partial charge in [-0.05, 0) is 71.9 Å². The highest BCUT2D eigenvalue weighted by Crippen LogP contribution is 2.40. The van der Waals surface area contributed by atoms with Crippen molar-refractivity contribution in [2.75, 3.05) is 0 Å². The summed E-state index contributed by atoms with van der Waals surface area (Å²) >= 11 is 2.72. The van der Waals surface area contributed by atoms with Gasteiger partial charge in [0.1, 0.15) is 35.4 Å². The van der Waals surface area contributed by atoms with Crippen LogP contribution in [-0.2, 0) is 0 Å². The van der Waals surface area contributed by atoms with Crippen LogP contribution >= 0.6 is 23.5 Å². The molecule has 8 rings (SSSR count). The fraction of sp³-hybridized carbons (Fsp3) is 0.217. The van der Waals surface area contributed by atoms with Crippen molar-refractivity contribution >= 4 is 34.6 Å². The molecule has 0 aliphatic rings. The molecular weight excluding hydrogens is 817 g/mol. The van der Waals surface area contributed by atoms with Crippen molar-refractivity contribution in [3.63, 3.8) is 0 Å². The molecule has 306 valence electrons. The third-order valence-corrected chi connectivity index (χ3v) is 13.5. The van der Waals surface area contributed by atoms with E-state index in [9.17, 15) is 31.3 Å². The number of benzene rings is 2. The third kappa shape index (κ3) is 7.26.